The van der Waals surface area contributed by atoms with E-state index in [0.29, 0.717) is 13.1 Å². The van der Waals surface area contributed by atoms with Crippen molar-refractivity contribution in [3.05, 3.63) is 29.3 Å². The van der Waals surface area contributed by atoms with E-state index in [4.69, 9.17) is 4.74 Å². The van der Waals surface area contributed by atoms with Gasteiger partial charge in [-0.1, -0.05) is 6.07 Å². The zero-order valence-corrected chi connectivity index (χ0v) is 13.7. The number of aryl methyl sites for hydroxylation is 1. The highest BCUT2D eigenvalue weighted by Crippen LogP contribution is 2.27. The number of carbonyl (C=O) groups is 1. The SMILES string of the molecule is COc1ccc(C2NCC(=O)N2CC(C)S(C)=O)cc1C. The average Bonchev–Trinajstić information content (AvgIpc) is 2.80. The number of amides is 1. The molecule has 1 N–H and O–H groups in total. The summed E-state index contributed by atoms with van der Waals surface area (Å²) < 4.78 is 16.8. The van der Waals surface area contributed by atoms with Gasteiger partial charge in [0.05, 0.1) is 13.7 Å². The number of ether oxygens (including phenoxy) is 1. The minimum atomic E-state index is -0.944. The van der Waals surface area contributed by atoms with Crippen LogP contribution in [0.15, 0.2) is 18.2 Å². The van der Waals surface area contributed by atoms with Crippen LogP contribution in [0.1, 0.15) is 24.2 Å². The molecule has 2 rings (SSSR count). The molecule has 116 valence electrons. The maximum absolute atomic E-state index is 12.1. The molecule has 6 heteroatoms. The normalized spacial score (nSPS) is 21.4. The van der Waals surface area contributed by atoms with E-state index in [1.54, 1.807) is 18.3 Å². The molecular weight excluding hydrogens is 288 g/mol. The first-order chi connectivity index (χ1) is 9.93. The Balaban J connectivity index is 2.23. The molecule has 3 unspecified atom stereocenters. The van der Waals surface area contributed by atoms with Crippen molar-refractivity contribution in [1.29, 1.82) is 0 Å². The molecule has 0 spiro atoms. The van der Waals surface area contributed by atoms with Crippen molar-refractivity contribution in [3.63, 3.8) is 0 Å². The highest BCUT2D eigenvalue weighted by atomic mass is 32.2. The summed E-state index contributed by atoms with van der Waals surface area (Å²) in [5.74, 6) is 0.878. The molecule has 0 radical (unpaired) electrons. The third-order valence-electron chi connectivity index (χ3n) is 3.83. The van der Waals surface area contributed by atoms with Crippen LogP contribution in [0.5, 0.6) is 5.75 Å². The van der Waals surface area contributed by atoms with Gasteiger partial charge in [-0.25, -0.2) is 0 Å². The van der Waals surface area contributed by atoms with Crippen LogP contribution in [0.4, 0.5) is 0 Å². The summed E-state index contributed by atoms with van der Waals surface area (Å²) in [5, 5.41) is 3.17. The molecular formula is C15H22N2O3S. The van der Waals surface area contributed by atoms with Gasteiger partial charge in [-0.05, 0) is 37.1 Å². The summed E-state index contributed by atoms with van der Waals surface area (Å²) in [6, 6.07) is 5.90. The van der Waals surface area contributed by atoms with Crippen molar-refractivity contribution in [3.8, 4) is 5.75 Å². The van der Waals surface area contributed by atoms with Gasteiger partial charge in [0.2, 0.25) is 5.91 Å². The highest BCUT2D eigenvalue weighted by Gasteiger charge is 2.33. The van der Waals surface area contributed by atoms with Crippen molar-refractivity contribution in [2.75, 3.05) is 26.5 Å². The number of nitrogens with one attached hydrogen (secondary N) is 1. The molecule has 21 heavy (non-hydrogen) atoms. The molecule has 1 amide bonds. The molecule has 1 fully saturated rings. The Bertz CT molecular complexity index is 562. The smallest absolute Gasteiger partial charge is 0.238 e. The first-order valence-corrected chi connectivity index (χ1v) is 8.55. The zero-order chi connectivity index (χ0) is 15.6. The number of carbonyl (C=O) groups excluding carboxylic acids is 1. The Kier molecular flexibility index (Phi) is 5.00. The lowest BCUT2D eigenvalue weighted by Crippen LogP contribution is -2.37. The zero-order valence-electron chi connectivity index (χ0n) is 12.9. The second kappa shape index (κ2) is 6.58. The summed E-state index contributed by atoms with van der Waals surface area (Å²) >= 11 is 0. The fraction of sp³-hybridized carbons (Fsp3) is 0.533. The van der Waals surface area contributed by atoms with E-state index < -0.39 is 10.8 Å². The van der Waals surface area contributed by atoms with E-state index in [9.17, 15) is 9.00 Å². The summed E-state index contributed by atoms with van der Waals surface area (Å²) in [4.78, 5) is 13.8. The van der Waals surface area contributed by atoms with E-state index in [1.165, 1.54) is 0 Å². The number of hydrogen-bond acceptors (Lipinski definition) is 4. The molecule has 1 aromatic rings. The number of methoxy groups -OCH3 is 1. The highest BCUT2D eigenvalue weighted by molar-refractivity contribution is 7.84. The summed E-state index contributed by atoms with van der Waals surface area (Å²) in [6.07, 6.45) is 1.51. The molecule has 1 aliphatic rings. The molecule has 0 aromatic heterocycles. The van der Waals surface area contributed by atoms with Crippen LogP contribution in [0, 0.1) is 6.92 Å². The van der Waals surface area contributed by atoms with E-state index in [2.05, 4.69) is 5.32 Å². The molecule has 0 saturated carbocycles. The van der Waals surface area contributed by atoms with Crippen LogP contribution in [-0.2, 0) is 15.6 Å². The fourth-order valence-electron chi connectivity index (χ4n) is 2.50. The number of benzene rings is 1. The van der Waals surface area contributed by atoms with Crippen molar-refractivity contribution in [2.24, 2.45) is 0 Å². The van der Waals surface area contributed by atoms with Gasteiger partial charge < -0.3 is 9.64 Å². The van der Waals surface area contributed by atoms with Crippen LogP contribution in [0.25, 0.3) is 0 Å². The minimum Gasteiger partial charge on any atom is -0.496 e. The molecule has 1 aromatic carbocycles. The first kappa shape index (κ1) is 16.0. The molecule has 3 atom stereocenters. The number of rotatable bonds is 5. The van der Waals surface area contributed by atoms with E-state index in [0.717, 1.165) is 16.9 Å². The van der Waals surface area contributed by atoms with Crippen LogP contribution >= 0.6 is 0 Å². The van der Waals surface area contributed by atoms with Gasteiger partial charge in [-0.2, -0.15) is 0 Å². The predicted molar refractivity (Wildman–Crippen MR) is 83.7 cm³/mol. The van der Waals surface area contributed by atoms with E-state index in [1.807, 2.05) is 32.0 Å². The van der Waals surface area contributed by atoms with Crippen molar-refractivity contribution < 1.29 is 13.7 Å². The molecule has 1 saturated heterocycles. The lowest BCUT2D eigenvalue weighted by Gasteiger charge is -2.27. The molecule has 1 aliphatic heterocycles. The van der Waals surface area contributed by atoms with Crippen LogP contribution in [0.2, 0.25) is 0 Å². The largest absolute Gasteiger partial charge is 0.496 e. The molecule has 5 nitrogen and oxygen atoms in total. The Morgan fingerprint density at radius 3 is 2.81 bits per heavy atom. The average molecular weight is 310 g/mol. The van der Waals surface area contributed by atoms with Crippen LogP contribution in [-0.4, -0.2) is 46.7 Å². The summed E-state index contributed by atoms with van der Waals surface area (Å²) in [6.45, 7) is 4.69. The molecule has 0 aliphatic carbocycles. The minimum absolute atomic E-state index is 0.0457. The Hall–Kier alpha value is -1.40. The van der Waals surface area contributed by atoms with Gasteiger partial charge in [0.15, 0.2) is 0 Å². The topological polar surface area (TPSA) is 58.6 Å². The molecule has 0 bridgehead atoms. The van der Waals surface area contributed by atoms with Crippen LogP contribution < -0.4 is 10.1 Å². The third-order valence-corrected chi connectivity index (χ3v) is 5.12. The van der Waals surface area contributed by atoms with Crippen molar-refractivity contribution >= 4 is 16.7 Å². The number of hydrogen-bond donors (Lipinski definition) is 1. The van der Waals surface area contributed by atoms with Gasteiger partial charge in [-0.3, -0.25) is 14.3 Å². The summed E-state index contributed by atoms with van der Waals surface area (Å²) in [7, 11) is 0.699. The molecule has 1 heterocycles. The van der Waals surface area contributed by atoms with Crippen molar-refractivity contribution in [2.45, 2.75) is 25.3 Å². The van der Waals surface area contributed by atoms with E-state index >= 15 is 0 Å². The lowest BCUT2D eigenvalue weighted by atomic mass is 10.1. The standard InChI is InChI=1S/C15H22N2O3S/c1-10-7-12(5-6-13(10)20-3)15-16-8-14(18)17(15)9-11(2)21(4)19/h5-7,11,15-16H,8-9H2,1-4H3. The van der Waals surface area contributed by atoms with Gasteiger partial charge in [-0.15, -0.1) is 0 Å². The predicted octanol–water partition coefficient (Wildman–Crippen LogP) is 1.20. The number of nitrogens with zero attached hydrogens (tertiary/aromatic N) is 1. The maximum Gasteiger partial charge on any atom is 0.238 e. The maximum atomic E-state index is 12.1. The monoisotopic (exact) mass is 310 g/mol. The van der Waals surface area contributed by atoms with Gasteiger partial charge in [0, 0.05) is 28.9 Å². The van der Waals surface area contributed by atoms with Gasteiger partial charge >= 0.3 is 0 Å². The van der Waals surface area contributed by atoms with Gasteiger partial charge in [0.1, 0.15) is 11.9 Å². The van der Waals surface area contributed by atoms with Crippen molar-refractivity contribution in [1.82, 2.24) is 10.2 Å². The Labute approximate surface area is 128 Å². The Morgan fingerprint density at radius 1 is 1.52 bits per heavy atom. The van der Waals surface area contributed by atoms with E-state index in [-0.39, 0.29) is 17.3 Å². The van der Waals surface area contributed by atoms with Crippen LogP contribution in [0.3, 0.4) is 0 Å². The quantitative estimate of drug-likeness (QED) is 0.888. The second-order valence-corrected chi connectivity index (χ2v) is 7.17. The first-order valence-electron chi connectivity index (χ1n) is 6.93. The lowest BCUT2D eigenvalue weighted by molar-refractivity contribution is -0.128. The second-order valence-electron chi connectivity index (χ2n) is 5.37. The summed E-state index contributed by atoms with van der Waals surface area (Å²) in [5.41, 5.74) is 2.05. The Morgan fingerprint density at radius 2 is 2.24 bits per heavy atom. The third kappa shape index (κ3) is 3.44. The van der Waals surface area contributed by atoms with Gasteiger partial charge in [0.25, 0.3) is 0 Å². The fourth-order valence-corrected chi connectivity index (χ4v) is 2.87.